The summed E-state index contributed by atoms with van der Waals surface area (Å²) < 4.78 is 1.85. The molecule has 1 aromatic carbocycles. The van der Waals surface area contributed by atoms with Gasteiger partial charge in [-0.15, -0.1) is 0 Å². The SMILES string of the molecule is Cc1cc(C)cc(C(=O)NCc2cn3cc(Cl)ccc3n2)c1. The van der Waals surface area contributed by atoms with Gasteiger partial charge in [0.05, 0.1) is 17.3 Å². The molecule has 0 unspecified atom stereocenters. The van der Waals surface area contributed by atoms with Gasteiger partial charge in [0, 0.05) is 18.0 Å². The lowest BCUT2D eigenvalue weighted by Crippen LogP contribution is -2.23. The summed E-state index contributed by atoms with van der Waals surface area (Å²) in [6.07, 6.45) is 3.65. The van der Waals surface area contributed by atoms with Crippen LogP contribution < -0.4 is 5.32 Å². The molecule has 112 valence electrons. The van der Waals surface area contributed by atoms with Crippen molar-refractivity contribution in [2.45, 2.75) is 20.4 Å². The topological polar surface area (TPSA) is 46.4 Å². The number of nitrogens with zero attached hydrogens (tertiary/aromatic N) is 2. The van der Waals surface area contributed by atoms with E-state index in [0.717, 1.165) is 22.5 Å². The Morgan fingerprint density at radius 2 is 1.91 bits per heavy atom. The van der Waals surface area contributed by atoms with Gasteiger partial charge < -0.3 is 9.72 Å². The second kappa shape index (κ2) is 5.81. The summed E-state index contributed by atoms with van der Waals surface area (Å²) in [5, 5.41) is 3.55. The van der Waals surface area contributed by atoms with E-state index in [2.05, 4.69) is 10.3 Å². The number of carbonyl (C=O) groups excluding carboxylic acids is 1. The first-order valence-corrected chi connectivity index (χ1v) is 7.39. The van der Waals surface area contributed by atoms with Gasteiger partial charge in [-0.2, -0.15) is 0 Å². The van der Waals surface area contributed by atoms with Gasteiger partial charge >= 0.3 is 0 Å². The molecule has 0 radical (unpaired) electrons. The van der Waals surface area contributed by atoms with Gasteiger partial charge in [-0.25, -0.2) is 4.98 Å². The Morgan fingerprint density at radius 3 is 2.64 bits per heavy atom. The third-order valence-corrected chi connectivity index (χ3v) is 3.60. The van der Waals surface area contributed by atoms with Crippen LogP contribution in [0.5, 0.6) is 0 Å². The Hall–Kier alpha value is -2.33. The Kier molecular flexibility index (Phi) is 3.86. The lowest BCUT2D eigenvalue weighted by atomic mass is 10.1. The first kappa shape index (κ1) is 14.6. The van der Waals surface area contributed by atoms with Crippen LogP contribution in [0.25, 0.3) is 5.65 Å². The summed E-state index contributed by atoms with van der Waals surface area (Å²) in [5.41, 5.74) is 4.42. The maximum absolute atomic E-state index is 12.2. The molecule has 0 aliphatic carbocycles. The zero-order chi connectivity index (χ0) is 15.7. The number of carbonyl (C=O) groups is 1. The molecule has 3 rings (SSSR count). The molecule has 4 nitrogen and oxygen atoms in total. The molecule has 0 aliphatic rings. The third kappa shape index (κ3) is 3.12. The second-order valence-corrected chi connectivity index (χ2v) is 5.84. The van der Waals surface area contributed by atoms with Gasteiger partial charge in [-0.1, -0.05) is 28.8 Å². The van der Waals surface area contributed by atoms with Crippen molar-refractivity contribution in [1.82, 2.24) is 14.7 Å². The molecule has 5 heteroatoms. The monoisotopic (exact) mass is 313 g/mol. The van der Waals surface area contributed by atoms with Gasteiger partial charge in [0.15, 0.2) is 0 Å². The van der Waals surface area contributed by atoms with Crippen LogP contribution in [-0.4, -0.2) is 15.3 Å². The van der Waals surface area contributed by atoms with Crippen molar-refractivity contribution in [2.75, 3.05) is 0 Å². The van der Waals surface area contributed by atoms with Gasteiger partial charge in [0.1, 0.15) is 5.65 Å². The Balaban J connectivity index is 1.74. The molecule has 2 aromatic heterocycles. The highest BCUT2D eigenvalue weighted by atomic mass is 35.5. The fourth-order valence-corrected chi connectivity index (χ4v) is 2.65. The average molecular weight is 314 g/mol. The normalized spacial score (nSPS) is 10.9. The highest BCUT2D eigenvalue weighted by molar-refractivity contribution is 6.30. The van der Waals surface area contributed by atoms with E-state index in [1.54, 1.807) is 12.3 Å². The fourth-order valence-electron chi connectivity index (χ4n) is 2.48. The smallest absolute Gasteiger partial charge is 0.251 e. The maximum Gasteiger partial charge on any atom is 0.251 e. The minimum Gasteiger partial charge on any atom is -0.346 e. The number of rotatable bonds is 3. The lowest BCUT2D eigenvalue weighted by Gasteiger charge is -2.05. The number of hydrogen-bond acceptors (Lipinski definition) is 2. The summed E-state index contributed by atoms with van der Waals surface area (Å²) in [6, 6.07) is 9.44. The molecular weight excluding hydrogens is 298 g/mol. The Bertz CT molecular complexity index is 834. The number of imidazole rings is 1. The van der Waals surface area contributed by atoms with E-state index < -0.39 is 0 Å². The molecule has 0 spiro atoms. The fraction of sp³-hybridized carbons (Fsp3) is 0.176. The van der Waals surface area contributed by atoms with Crippen molar-refractivity contribution in [3.05, 3.63) is 70.1 Å². The van der Waals surface area contributed by atoms with Crippen LogP contribution in [-0.2, 0) is 6.54 Å². The number of nitrogens with one attached hydrogen (secondary N) is 1. The minimum absolute atomic E-state index is 0.0955. The van der Waals surface area contributed by atoms with Crippen LogP contribution in [0.2, 0.25) is 5.02 Å². The largest absolute Gasteiger partial charge is 0.346 e. The van der Waals surface area contributed by atoms with Crippen LogP contribution in [0.15, 0.2) is 42.7 Å². The first-order valence-electron chi connectivity index (χ1n) is 7.01. The highest BCUT2D eigenvalue weighted by Crippen LogP contribution is 2.12. The summed E-state index contributed by atoms with van der Waals surface area (Å²) >= 11 is 5.95. The summed E-state index contributed by atoms with van der Waals surface area (Å²) in [7, 11) is 0. The number of pyridine rings is 1. The molecule has 22 heavy (non-hydrogen) atoms. The number of benzene rings is 1. The molecule has 2 heterocycles. The van der Waals surface area contributed by atoms with Gasteiger partial charge in [0.2, 0.25) is 0 Å². The summed E-state index contributed by atoms with van der Waals surface area (Å²) in [6.45, 7) is 4.34. The first-order chi connectivity index (χ1) is 10.5. The molecule has 0 aliphatic heterocycles. The molecule has 0 saturated heterocycles. The molecule has 3 aromatic rings. The van der Waals surface area contributed by atoms with Crippen LogP contribution in [0, 0.1) is 13.8 Å². The molecular formula is C17H16ClN3O. The number of aromatic nitrogens is 2. The van der Waals surface area contributed by atoms with Gasteiger partial charge in [0.25, 0.3) is 5.91 Å². The van der Waals surface area contributed by atoms with Gasteiger partial charge in [-0.3, -0.25) is 4.79 Å². The zero-order valence-corrected chi connectivity index (χ0v) is 13.2. The predicted molar refractivity (Wildman–Crippen MR) is 87.3 cm³/mol. The minimum atomic E-state index is -0.0955. The quantitative estimate of drug-likeness (QED) is 0.804. The molecule has 0 fully saturated rings. The molecule has 1 amide bonds. The number of aryl methyl sites for hydroxylation is 2. The van der Waals surface area contributed by atoms with Gasteiger partial charge in [-0.05, 0) is 38.1 Å². The van der Waals surface area contributed by atoms with Crippen molar-refractivity contribution in [1.29, 1.82) is 0 Å². The number of fused-ring (bicyclic) bond motifs is 1. The second-order valence-electron chi connectivity index (χ2n) is 5.40. The summed E-state index contributed by atoms with van der Waals surface area (Å²) in [5.74, 6) is -0.0955. The van der Waals surface area contributed by atoms with E-state index in [9.17, 15) is 4.79 Å². The predicted octanol–water partition coefficient (Wildman–Crippen LogP) is 3.53. The Morgan fingerprint density at radius 1 is 1.18 bits per heavy atom. The van der Waals surface area contributed by atoms with E-state index in [4.69, 9.17) is 11.6 Å². The maximum atomic E-state index is 12.2. The van der Waals surface area contributed by atoms with Crippen molar-refractivity contribution in [3.63, 3.8) is 0 Å². The summed E-state index contributed by atoms with van der Waals surface area (Å²) in [4.78, 5) is 16.7. The number of halogens is 1. The number of amides is 1. The van der Waals surface area contributed by atoms with Crippen LogP contribution in [0.1, 0.15) is 27.2 Å². The molecule has 0 saturated carbocycles. The molecule has 0 atom stereocenters. The molecule has 0 bridgehead atoms. The van der Waals surface area contributed by atoms with Crippen molar-refractivity contribution >= 4 is 23.2 Å². The average Bonchev–Trinajstić information content (AvgIpc) is 2.85. The van der Waals surface area contributed by atoms with E-state index in [0.29, 0.717) is 17.1 Å². The van der Waals surface area contributed by atoms with E-state index in [1.165, 1.54) is 0 Å². The van der Waals surface area contributed by atoms with Crippen molar-refractivity contribution < 1.29 is 4.79 Å². The Labute approximate surface area is 133 Å². The number of hydrogen-bond donors (Lipinski definition) is 1. The van der Waals surface area contributed by atoms with Crippen LogP contribution in [0.4, 0.5) is 0 Å². The standard InChI is InChI=1S/C17H16ClN3O/c1-11-5-12(2)7-13(6-11)17(22)19-8-15-10-21-9-14(18)3-4-16(21)20-15/h3-7,9-10H,8H2,1-2H3,(H,19,22). The lowest BCUT2D eigenvalue weighted by molar-refractivity contribution is 0.0950. The van der Waals surface area contributed by atoms with E-state index >= 15 is 0 Å². The third-order valence-electron chi connectivity index (χ3n) is 3.38. The zero-order valence-electron chi connectivity index (χ0n) is 12.4. The van der Waals surface area contributed by atoms with E-state index in [-0.39, 0.29) is 5.91 Å². The van der Waals surface area contributed by atoms with Crippen molar-refractivity contribution in [3.8, 4) is 0 Å². The van der Waals surface area contributed by atoms with Crippen LogP contribution in [0.3, 0.4) is 0 Å². The van der Waals surface area contributed by atoms with Crippen LogP contribution >= 0.6 is 11.6 Å². The molecule has 1 N–H and O–H groups in total. The van der Waals surface area contributed by atoms with E-state index in [1.807, 2.05) is 48.7 Å². The van der Waals surface area contributed by atoms with Crippen molar-refractivity contribution in [2.24, 2.45) is 0 Å². The highest BCUT2D eigenvalue weighted by Gasteiger charge is 2.08.